The molecule has 62 heavy (non-hydrogen) atoms. The molecule has 1 aromatic heterocycles. The number of fused-ring (bicyclic) bond motifs is 2. The molecule has 0 saturated carbocycles. The number of nitrogens with one attached hydrogen (secondary N) is 2. The smallest absolute Gasteiger partial charge is 0.394 e. The number of aliphatic hydroxyl groups excluding tert-OH is 2. The second kappa shape index (κ2) is 18.9. The van der Waals surface area contributed by atoms with Gasteiger partial charge in [0.2, 0.25) is 11.8 Å². The summed E-state index contributed by atoms with van der Waals surface area (Å²) in [5.41, 5.74) is 0.416. The van der Waals surface area contributed by atoms with Crippen LogP contribution in [-0.2, 0) is 41.2 Å². The normalized spacial score (nSPS) is 13.8. The first kappa shape index (κ1) is 46.9. The van der Waals surface area contributed by atoms with Crippen LogP contribution in [0.3, 0.4) is 0 Å². The summed E-state index contributed by atoms with van der Waals surface area (Å²) in [6.07, 6.45) is -8.29. The van der Waals surface area contributed by atoms with Gasteiger partial charge in [0.05, 0.1) is 55.0 Å². The number of alkyl halides is 6. The molecule has 0 aliphatic carbocycles. The molecule has 2 atom stereocenters. The molecule has 0 saturated heterocycles. The average molecular weight is 875 g/mol. The number of halogens is 8. The van der Waals surface area contributed by atoms with Crippen molar-refractivity contribution in [2.75, 3.05) is 30.4 Å². The molecule has 330 valence electrons. The molecular formula is C44H42F8N4O6. The van der Waals surface area contributed by atoms with Crippen molar-refractivity contribution in [2.45, 2.75) is 71.4 Å². The first-order chi connectivity index (χ1) is 29.0. The lowest BCUT2D eigenvalue weighted by Gasteiger charge is -2.34. The van der Waals surface area contributed by atoms with Gasteiger partial charge in [0.15, 0.2) is 0 Å². The fourth-order valence-electron chi connectivity index (χ4n) is 6.99. The van der Waals surface area contributed by atoms with Gasteiger partial charge in [0.25, 0.3) is 11.5 Å². The van der Waals surface area contributed by atoms with Gasteiger partial charge in [-0.15, -0.1) is 0 Å². The standard InChI is InChI=1S/C22H22F4N2O3.C22H20F4N2O3/c2*1-12-3-5-16-15(7-8-28(21(16)31)13(2)11-29)20(12)27-19(30)10-14-4-6-17(18(23)9-14)22(24,25)26/h3-6,9,13,29H,7-8,10-11H2,1-2H3,(H,27,30);3-9,13,29H,10-11H2,1-2H3,(H,27,30)/t2*13-/m11/s1. The summed E-state index contributed by atoms with van der Waals surface area (Å²) in [5.74, 6) is -4.23. The maximum absolute atomic E-state index is 13.8. The molecule has 1 aliphatic heterocycles. The van der Waals surface area contributed by atoms with Gasteiger partial charge in [-0.1, -0.05) is 24.3 Å². The lowest BCUT2D eigenvalue weighted by atomic mass is 9.93. The first-order valence-corrected chi connectivity index (χ1v) is 19.2. The molecule has 1 aliphatic rings. The predicted octanol–water partition coefficient (Wildman–Crippen LogP) is 7.92. The van der Waals surface area contributed by atoms with E-state index in [1.165, 1.54) is 10.8 Å². The number of pyridine rings is 1. The van der Waals surface area contributed by atoms with E-state index in [9.17, 15) is 64.5 Å². The van der Waals surface area contributed by atoms with Crippen LogP contribution in [0.5, 0.6) is 0 Å². The van der Waals surface area contributed by atoms with E-state index in [1.807, 2.05) is 0 Å². The van der Waals surface area contributed by atoms with Crippen molar-refractivity contribution in [3.8, 4) is 0 Å². The van der Waals surface area contributed by atoms with E-state index in [1.54, 1.807) is 62.9 Å². The van der Waals surface area contributed by atoms with Crippen LogP contribution >= 0.6 is 0 Å². The third-order valence-electron chi connectivity index (χ3n) is 10.4. The van der Waals surface area contributed by atoms with Gasteiger partial charge in [-0.3, -0.25) is 19.2 Å². The Morgan fingerprint density at radius 3 is 1.69 bits per heavy atom. The number of amides is 3. The Hall–Kier alpha value is -6.14. The molecule has 10 nitrogen and oxygen atoms in total. The average Bonchev–Trinajstić information content (AvgIpc) is 3.19. The zero-order valence-corrected chi connectivity index (χ0v) is 33.8. The summed E-state index contributed by atoms with van der Waals surface area (Å²) in [4.78, 5) is 52.1. The molecule has 0 fully saturated rings. The van der Waals surface area contributed by atoms with Gasteiger partial charge in [0.1, 0.15) is 11.6 Å². The predicted molar refractivity (Wildman–Crippen MR) is 215 cm³/mol. The van der Waals surface area contributed by atoms with E-state index in [-0.39, 0.29) is 54.7 Å². The molecule has 0 unspecified atom stereocenters. The Morgan fingerprint density at radius 2 is 1.19 bits per heavy atom. The number of aliphatic hydroxyl groups is 2. The van der Waals surface area contributed by atoms with E-state index in [0.717, 1.165) is 17.7 Å². The largest absolute Gasteiger partial charge is 0.419 e. The summed E-state index contributed by atoms with van der Waals surface area (Å²) >= 11 is 0. The summed E-state index contributed by atoms with van der Waals surface area (Å²) < 4.78 is 105. The first-order valence-electron chi connectivity index (χ1n) is 19.2. The minimum atomic E-state index is -4.81. The van der Waals surface area contributed by atoms with Gasteiger partial charge < -0.3 is 30.3 Å². The minimum Gasteiger partial charge on any atom is -0.394 e. The van der Waals surface area contributed by atoms with Gasteiger partial charge in [-0.05, 0) is 104 Å². The van der Waals surface area contributed by atoms with Crippen LogP contribution in [0.4, 0.5) is 46.5 Å². The molecule has 18 heteroatoms. The number of aromatic nitrogens is 1. The van der Waals surface area contributed by atoms with Crippen LogP contribution in [0.1, 0.15) is 69.2 Å². The zero-order valence-electron chi connectivity index (χ0n) is 33.8. The highest BCUT2D eigenvalue weighted by molar-refractivity contribution is 6.04. The molecule has 0 radical (unpaired) electrons. The minimum absolute atomic E-state index is 0.0833. The second-order valence-corrected chi connectivity index (χ2v) is 14.9. The molecule has 6 rings (SSSR count). The highest BCUT2D eigenvalue weighted by atomic mass is 19.4. The molecule has 0 bridgehead atoms. The maximum Gasteiger partial charge on any atom is 0.419 e. The SMILES string of the molecule is Cc1ccc2c(=O)n([C@H](C)CO)ccc2c1NC(=O)Cc1ccc(C(F)(F)F)c(F)c1.Cc1ccc2c(c1NC(=O)Cc1ccc(C(F)(F)F)c(F)c1)CCN([C@H](C)CO)C2=O. The fraction of sp³-hybridized carbons (Fsp3) is 0.318. The highest BCUT2D eigenvalue weighted by Gasteiger charge is 2.35. The monoisotopic (exact) mass is 874 g/mol. The van der Waals surface area contributed by atoms with Crippen molar-refractivity contribution in [1.29, 1.82) is 0 Å². The molecule has 0 spiro atoms. The van der Waals surface area contributed by atoms with E-state index in [2.05, 4.69) is 10.6 Å². The summed E-state index contributed by atoms with van der Waals surface area (Å²) in [6.45, 7) is 6.92. The van der Waals surface area contributed by atoms with E-state index in [0.29, 0.717) is 76.1 Å². The third kappa shape index (κ3) is 10.5. The lowest BCUT2D eigenvalue weighted by molar-refractivity contribution is -0.140. The molecule has 5 aromatic rings. The van der Waals surface area contributed by atoms with Crippen LogP contribution in [-0.4, -0.2) is 63.2 Å². The van der Waals surface area contributed by atoms with Gasteiger partial charge in [0, 0.05) is 34.8 Å². The molecule has 4 aromatic carbocycles. The molecule has 3 amide bonds. The van der Waals surface area contributed by atoms with Gasteiger partial charge in [-0.2, -0.15) is 26.3 Å². The van der Waals surface area contributed by atoms with Crippen LogP contribution in [0.15, 0.2) is 77.7 Å². The summed E-state index contributed by atoms with van der Waals surface area (Å²) in [7, 11) is 0. The number of carbonyl (C=O) groups is 3. The van der Waals surface area contributed by atoms with E-state index < -0.39 is 53.0 Å². The molecule has 4 N–H and O–H groups in total. The number of nitrogens with zero attached hydrogens (tertiary/aromatic N) is 2. The van der Waals surface area contributed by atoms with Crippen LogP contribution in [0.25, 0.3) is 10.8 Å². The number of rotatable bonds is 10. The van der Waals surface area contributed by atoms with Crippen molar-refractivity contribution in [1.82, 2.24) is 9.47 Å². The Morgan fingerprint density at radius 1 is 0.694 bits per heavy atom. The second-order valence-electron chi connectivity index (χ2n) is 14.9. The highest BCUT2D eigenvalue weighted by Crippen LogP contribution is 2.34. The number of hydrogen-bond donors (Lipinski definition) is 4. The van der Waals surface area contributed by atoms with Crippen molar-refractivity contribution in [2.24, 2.45) is 0 Å². The number of aryl methyl sites for hydroxylation is 2. The number of benzene rings is 4. The Labute approximate surface area is 349 Å². The third-order valence-corrected chi connectivity index (χ3v) is 10.4. The van der Waals surface area contributed by atoms with Crippen LogP contribution in [0, 0.1) is 25.5 Å². The van der Waals surface area contributed by atoms with Gasteiger partial charge >= 0.3 is 12.4 Å². The molecule has 2 heterocycles. The van der Waals surface area contributed by atoms with Crippen molar-refractivity contribution in [3.05, 3.63) is 139 Å². The topological polar surface area (TPSA) is 141 Å². The molecular weight excluding hydrogens is 832 g/mol. The number of anilines is 2. The van der Waals surface area contributed by atoms with Gasteiger partial charge in [-0.25, -0.2) is 8.78 Å². The fourth-order valence-corrected chi connectivity index (χ4v) is 6.99. The van der Waals surface area contributed by atoms with Crippen molar-refractivity contribution < 1.29 is 59.7 Å². The maximum atomic E-state index is 13.8. The van der Waals surface area contributed by atoms with Crippen molar-refractivity contribution >= 4 is 39.9 Å². The number of carbonyl (C=O) groups excluding carboxylic acids is 3. The van der Waals surface area contributed by atoms with Crippen molar-refractivity contribution in [3.63, 3.8) is 0 Å². The van der Waals surface area contributed by atoms with Crippen LogP contribution in [0.2, 0.25) is 0 Å². The quantitative estimate of drug-likeness (QED) is 0.105. The Bertz CT molecular complexity index is 2570. The zero-order chi connectivity index (χ0) is 45.8. The van der Waals surface area contributed by atoms with E-state index in [4.69, 9.17) is 0 Å². The number of hydrogen-bond acceptors (Lipinski definition) is 6. The van der Waals surface area contributed by atoms with E-state index >= 15 is 0 Å². The summed E-state index contributed by atoms with van der Waals surface area (Å²) in [6, 6.07) is 12.2. The Kier molecular flexibility index (Phi) is 14.3. The van der Waals surface area contributed by atoms with Crippen LogP contribution < -0.4 is 16.2 Å². The Balaban J connectivity index is 0.000000234. The summed E-state index contributed by atoms with van der Waals surface area (Å²) in [5, 5.41) is 24.9. The lowest BCUT2D eigenvalue weighted by Crippen LogP contribution is -2.45.